The van der Waals surface area contributed by atoms with Gasteiger partial charge >= 0.3 is 0 Å². The largest absolute Gasteiger partial charge is 0.493 e. The Labute approximate surface area is 188 Å². The van der Waals surface area contributed by atoms with Gasteiger partial charge < -0.3 is 15.8 Å². The molecule has 0 saturated heterocycles. The van der Waals surface area contributed by atoms with Gasteiger partial charge in [0.2, 0.25) is 5.91 Å². The van der Waals surface area contributed by atoms with Crippen molar-refractivity contribution in [1.29, 1.82) is 0 Å². The minimum absolute atomic E-state index is 0.202. The van der Waals surface area contributed by atoms with Crippen LogP contribution in [0.25, 0.3) is 6.08 Å². The van der Waals surface area contributed by atoms with Crippen molar-refractivity contribution in [3.05, 3.63) is 51.9 Å². The molecule has 1 unspecified atom stereocenters. The summed E-state index contributed by atoms with van der Waals surface area (Å²) in [6.45, 7) is 9.42. The van der Waals surface area contributed by atoms with E-state index in [0.29, 0.717) is 23.1 Å². The maximum atomic E-state index is 12.6. The molecule has 1 atom stereocenters. The van der Waals surface area contributed by atoms with E-state index < -0.39 is 5.91 Å². The van der Waals surface area contributed by atoms with Gasteiger partial charge in [-0.05, 0) is 54.7 Å². The zero-order chi connectivity index (χ0) is 22.6. The van der Waals surface area contributed by atoms with Crippen molar-refractivity contribution in [2.45, 2.75) is 53.4 Å². The third-order valence-electron chi connectivity index (χ3n) is 5.77. The Morgan fingerprint density at radius 2 is 2.03 bits per heavy atom. The smallest absolute Gasteiger partial charge is 0.251 e. The lowest BCUT2D eigenvalue weighted by Crippen LogP contribution is -2.27. The molecule has 0 radical (unpaired) electrons. The van der Waals surface area contributed by atoms with E-state index in [9.17, 15) is 9.59 Å². The summed E-state index contributed by atoms with van der Waals surface area (Å²) in [5.41, 5.74) is 8.21. The predicted octanol–water partition coefficient (Wildman–Crippen LogP) is 5.44. The molecule has 0 saturated carbocycles. The molecule has 31 heavy (non-hydrogen) atoms. The number of anilines is 1. The second kappa shape index (κ2) is 9.69. The number of rotatable bonds is 7. The summed E-state index contributed by atoms with van der Waals surface area (Å²) in [6, 6.07) is 7.60. The molecule has 0 aliphatic heterocycles. The van der Waals surface area contributed by atoms with Gasteiger partial charge in [0, 0.05) is 16.5 Å². The van der Waals surface area contributed by atoms with Gasteiger partial charge in [0.1, 0.15) is 10.8 Å². The van der Waals surface area contributed by atoms with E-state index in [0.717, 1.165) is 47.4 Å². The fraction of sp³-hybridized carbons (Fsp3) is 0.440. The van der Waals surface area contributed by atoms with Crippen molar-refractivity contribution >= 4 is 34.2 Å². The number of thiophene rings is 1. The van der Waals surface area contributed by atoms with Crippen LogP contribution in [0.15, 0.2) is 30.3 Å². The molecule has 0 spiro atoms. The monoisotopic (exact) mass is 440 g/mol. The first-order valence-electron chi connectivity index (χ1n) is 10.9. The second-order valence-electron chi connectivity index (χ2n) is 9.09. The number of hydrogen-bond acceptors (Lipinski definition) is 4. The van der Waals surface area contributed by atoms with E-state index in [1.54, 1.807) is 6.08 Å². The molecule has 1 heterocycles. The van der Waals surface area contributed by atoms with Gasteiger partial charge in [-0.2, -0.15) is 0 Å². The van der Waals surface area contributed by atoms with Gasteiger partial charge in [-0.15, -0.1) is 11.3 Å². The van der Waals surface area contributed by atoms with Gasteiger partial charge in [0.25, 0.3) is 5.91 Å². The number of primary amides is 1. The molecule has 1 aromatic carbocycles. The van der Waals surface area contributed by atoms with Crippen molar-refractivity contribution in [3.63, 3.8) is 0 Å². The summed E-state index contributed by atoms with van der Waals surface area (Å²) in [5.74, 6) is 0.511. The lowest BCUT2D eigenvalue weighted by atomic mass is 9.72. The summed E-state index contributed by atoms with van der Waals surface area (Å²) >= 11 is 1.48. The first-order chi connectivity index (χ1) is 14.7. The summed E-state index contributed by atoms with van der Waals surface area (Å²) in [6.07, 6.45) is 6.86. The molecule has 2 aromatic rings. The SMILES string of the molecule is CCCOc1ccccc1/C=C/C(=O)Nc1sc2c(c1C(N)=O)CCC(C(C)(C)C)C2. The van der Waals surface area contributed by atoms with E-state index in [1.807, 2.05) is 31.2 Å². The number of fused-ring (bicyclic) bond motifs is 1. The second-order valence-corrected chi connectivity index (χ2v) is 10.2. The Bertz CT molecular complexity index is 985. The van der Waals surface area contributed by atoms with Crippen molar-refractivity contribution in [2.24, 2.45) is 17.1 Å². The summed E-state index contributed by atoms with van der Waals surface area (Å²) in [5, 5.41) is 3.44. The first kappa shape index (κ1) is 23.1. The minimum atomic E-state index is -0.482. The Kier molecular flexibility index (Phi) is 7.21. The van der Waals surface area contributed by atoms with Crippen LogP contribution in [0.5, 0.6) is 5.75 Å². The lowest BCUT2D eigenvalue weighted by molar-refractivity contribution is -0.111. The highest BCUT2D eigenvalue weighted by Gasteiger charge is 2.33. The molecule has 3 N–H and O–H groups in total. The van der Waals surface area contributed by atoms with Crippen LogP contribution >= 0.6 is 11.3 Å². The van der Waals surface area contributed by atoms with Gasteiger partial charge in [-0.3, -0.25) is 9.59 Å². The molecule has 166 valence electrons. The Morgan fingerprint density at radius 3 is 2.71 bits per heavy atom. The normalized spacial score (nSPS) is 16.2. The third-order valence-corrected chi connectivity index (χ3v) is 6.94. The average molecular weight is 441 g/mol. The number of benzene rings is 1. The quantitative estimate of drug-likeness (QED) is 0.563. The van der Waals surface area contributed by atoms with Gasteiger partial charge in [-0.1, -0.05) is 45.9 Å². The van der Waals surface area contributed by atoms with Crippen LogP contribution in [0, 0.1) is 11.3 Å². The number of ether oxygens (including phenoxy) is 1. The number of nitrogens with one attached hydrogen (secondary N) is 1. The fourth-order valence-electron chi connectivity index (χ4n) is 3.95. The number of carbonyl (C=O) groups excluding carboxylic acids is 2. The van der Waals surface area contributed by atoms with Gasteiger partial charge in [0.15, 0.2) is 0 Å². The van der Waals surface area contributed by atoms with E-state index in [2.05, 4.69) is 26.1 Å². The molecule has 0 fully saturated rings. The molecule has 3 rings (SSSR count). The predicted molar refractivity (Wildman–Crippen MR) is 128 cm³/mol. The third kappa shape index (κ3) is 5.56. The number of para-hydroxylation sites is 1. The molecule has 1 aromatic heterocycles. The maximum absolute atomic E-state index is 12.6. The van der Waals surface area contributed by atoms with Crippen molar-refractivity contribution in [3.8, 4) is 5.75 Å². The average Bonchev–Trinajstić information content (AvgIpc) is 3.07. The zero-order valence-electron chi connectivity index (χ0n) is 18.8. The van der Waals surface area contributed by atoms with Crippen molar-refractivity contribution < 1.29 is 14.3 Å². The molecule has 5 nitrogen and oxygen atoms in total. The van der Waals surface area contributed by atoms with Crippen LogP contribution in [0.2, 0.25) is 0 Å². The van der Waals surface area contributed by atoms with Crippen molar-refractivity contribution in [1.82, 2.24) is 0 Å². The highest BCUT2D eigenvalue weighted by atomic mass is 32.1. The van der Waals surface area contributed by atoms with Crippen LogP contribution in [-0.2, 0) is 17.6 Å². The number of nitrogens with two attached hydrogens (primary N) is 1. The lowest BCUT2D eigenvalue weighted by Gasteiger charge is -2.33. The Hall–Kier alpha value is -2.60. The van der Waals surface area contributed by atoms with Gasteiger partial charge in [0.05, 0.1) is 12.2 Å². The van der Waals surface area contributed by atoms with E-state index in [-0.39, 0.29) is 11.3 Å². The molecule has 2 amide bonds. The van der Waals surface area contributed by atoms with E-state index in [4.69, 9.17) is 10.5 Å². The van der Waals surface area contributed by atoms with E-state index in [1.165, 1.54) is 17.4 Å². The summed E-state index contributed by atoms with van der Waals surface area (Å²) < 4.78 is 5.74. The van der Waals surface area contributed by atoms with Gasteiger partial charge in [-0.25, -0.2) is 0 Å². The van der Waals surface area contributed by atoms with Crippen LogP contribution in [0.3, 0.4) is 0 Å². The van der Waals surface area contributed by atoms with E-state index >= 15 is 0 Å². The summed E-state index contributed by atoms with van der Waals surface area (Å²) in [7, 11) is 0. The summed E-state index contributed by atoms with van der Waals surface area (Å²) in [4.78, 5) is 26.0. The van der Waals surface area contributed by atoms with Crippen LogP contribution in [0.4, 0.5) is 5.00 Å². The Balaban J connectivity index is 1.79. The highest BCUT2D eigenvalue weighted by molar-refractivity contribution is 7.17. The zero-order valence-corrected chi connectivity index (χ0v) is 19.6. The molecule has 1 aliphatic carbocycles. The van der Waals surface area contributed by atoms with Crippen molar-refractivity contribution in [2.75, 3.05) is 11.9 Å². The molecule has 6 heteroatoms. The topological polar surface area (TPSA) is 81.4 Å². The minimum Gasteiger partial charge on any atom is -0.493 e. The molecule has 0 bridgehead atoms. The standard InChI is InChI=1S/C25H32N2O3S/c1-5-14-30-19-9-7-6-8-16(19)10-13-21(28)27-24-22(23(26)29)18-12-11-17(25(2,3)4)15-20(18)31-24/h6-10,13,17H,5,11-12,14-15H2,1-4H3,(H2,26,29)(H,27,28)/b13-10+. The van der Waals surface area contributed by atoms with Crippen LogP contribution in [-0.4, -0.2) is 18.4 Å². The molecular formula is C25H32N2O3S. The number of amides is 2. The number of hydrogen-bond donors (Lipinski definition) is 2. The highest BCUT2D eigenvalue weighted by Crippen LogP contribution is 2.44. The number of carbonyl (C=O) groups is 2. The maximum Gasteiger partial charge on any atom is 0.251 e. The molecular weight excluding hydrogens is 408 g/mol. The Morgan fingerprint density at radius 1 is 1.29 bits per heavy atom. The first-order valence-corrected chi connectivity index (χ1v) is 11.7. The van der Waals surface area contributed by atoms with Crippen LogP contribution in [0.1, 0.15) is 66.9 Å². The molecule has 1 aliphatic rings. The fourth-order valence-corrected chi connectivity index (χ4v) is 5.29. The van der Waals surface area contributed by atoms with Crippen LogP contribution < -0.4 is 15.8 Å².